The van der Waals surface area contributed by atoms with Crippen molar-refractivity contribution in [3.63, 3.8) is 0 Å². The fourth-order valence-electron chi connectivity index (χ4n) is 3.82. The van der Waals surface area contributed by atoms with Crippen LogP contribution in [0.15, 0.2) is 48.7 Å². The van der Waals surface area contributed by atoms with Crippen LogP contribution in [0.5, 0.6) is 0 Å². The fourth-order valence-corrected chi connectivity index (χ4v) is 3.82. The Balaban J connectivity index is 1.53. The number of likely N-dealkylation sites (N-methyl/N-ethyl adjacent to an activating group) is 2. The standard InChI is InChI=1S/C21H24N4O/c1-15-20(22-19-10-6-7-11-25(15)19)21(26)24(3)14-18-12-16-8-4-5-9-17(16)13-23(18)2/h4-11,18H,12-14H2,1-3H3. The highest BCUT2D eigenvalue weighted by Gasteiger charge is 2.27. The number of benzene rings is 1. The fraction of sp³-hybridized carbons (Fsp3) is 0.333. The van der Waals surface area contributed by atoms with Crippen molar-refractivity contribution in [2.75, 3.05) is 20.6 Å². The molecule has 0 saturated carbocycles. The van der Waals surface area contributed by atoms with Crippen molar-refractivity contribution in [1.29, 1.82) is 0 Å². The summed E-state index contributed by atoms with van der Waals surface area (Å²) in [6, 6.07) is 14.7. The highest BCUT2D eigenvalue weighted by molar-refractivity contribution is 5.94. The lowest BCUT2D eigenvalue weighted by molar-refractivity contribution is 0.0727. The van der Waals surface area contributed by atoms with Crippen molar-refractivity contribution in [2.45, 2.75) is 25.9 Å². The minimum Gasteiger partial charge on any atom is -0.339 e. The topological polar surface area (TPSA) is 40.9 Å². The lowest BCUT2D eigenvalue weighted by Crippen LogP contribution is -2.46. The van der Waals surface area contributed by atoms with Crippen LogP contribution in [0, 0.1) is 6.92 Å². The monoisotopic (exact) mass is 348 g/mol. The number of hydrogen-bond acceptors (Lipinski definition) is 3. The lowest BCUT2D eigenvalue weighted by Gasteiger charge is -2.36. The smallest absolute Gasteiger partial charge is 0.274 e. The van der Waals surface area contributed by atoms with Crippen molar-refractivity contribution in [3.05, 3.63) is 71.2 Å². The number of imidazole rings is 1. The zero-order chi connectivity index (χ0) is 18.3. The third-order valence-electron chi connectivity index (χ3n) is 5.42. The molecular formula is C21H24N4O. The Morgan fingerprint density at radius 1 is 1.19 bits per heavy atom. The number of aryl methyl sites for hydroxylation is 1. The van der Waals surface area contributed by atoms with E-state index in [0.717, 1.165) is 24.3 Å². The summed E-state index contributed by atoms with van der Waals surface area (Å²) in [5.41, 5.74) is 5.01. The zero-order valence-corrected chi connectivity index (χ0v) is 15.5. The first-order valence-corrected chi connectivity index (χ1v) is 9.01. The number of rotatable bonds is 3. The highest BCUT2D eigenvalue weighted by Crippen LogP contribution is 2.23. The molecule has 1 unspecified atom stereocenters. The maximum atomic E-state index is 13.0. The molecule has 2 aromatic heterocycles. The summed E-state index contributed by atoms with van der Waals surface area (Å²) in [6.07, 6.45) is 2.91. The molecule has 1 aliphatic rings. The molecule has 1 aromatic carbocycles. The molecule has 1 amide bonds. The maximum Gasteiger partial charge on any atom is 0.274 e. The molecule has 4 rings (SSSR count). The molecule has 3 heterocycles. The number of amides is 1. The van der Waals surface area contributed by atoms with Crippen LogP contribution in [-0.4, -0.2) is 51.8 Å². The summed E-state index contributed by atoms with van der Waals surface area (Å²) in [5.74, 6) is -0.0153. The van der Waals surface area contributed by atoms with E-state index in [1.54, 1.807) is 0 Å². The van der Waals surface area contributed by atoms with Gasteiger partial charge in [-0.05, 0) is 43.7 Å². The van der Waals surface area contributed by atoms with Gasteiger partial charge < -0.3 is 9.30 Å². The molecule has 5 heteroatoms. The number of carbonyl (C=O) groups excluding carboxylic acids is 1. The first kappa shape index (κ1) is 16.8. The molecule has 0 radical (unpaired) electrons. The maximum absolute atomic E-state index is 13.0. The summed E-state index contributed by atoms with van der Waals surface area (Å²) >= 11 is 0. The number of aromatic nitrogens is 2. The molecule has 0 N–H and O–H groups in total. The molecule has 1 aliphatic heterocycles. The van der Waals surface area contributed by atoms with Gasteiger partial charge in [-0.2, -0.15) is 0 Å². The van der Waals surface area contributed by atoms with Crippen LogP contribution < -0.4 is 0 Å². The Hall–Kier alpha value is -2.66. The van der Waals surface area contributed by atoms with Crippen LogP contribution in [0.4, 0.5) is 0 Å². The third kappa shape index (κ3) is 2.88. The van der Waals surface area contributed by atoms with Crippen LogP contribution in [0.2, 0.25) is 0 Å². The van der Waals surface area contributed by atoms with Gasteiger partial charge in [0.1, 0.15) is 11.3 Å². The van der Waals surface area contributed by atoms with Crippen molar-refractivity contribution in [1.82, 2.24) is 19.2 Å². The number of pyridine rings is 1. The van der Waals surface area contributed by atoms with Gasteiger partial charge in [0.2, 0.25) is 0 Å². The van der Waals surface area contributed by atoms with Gasteiger partial charge in [-0.15, -0.1) is 0 Å². The van der Waals surface area contributed by atoms with E-state index >= 15 is 0 Å². The zero-order valence-electron chi connectivity index (χ0n) is 15.5. The van der Waals surface area contributed by atoms with Gasteiger partial charge >= 0.3 is 0 Å². The second kappa shape index (κ2) is 6.57. The van der Waals surface area contributed by atoms with Crippen molar-refractivity contribution < 1.29 is 4.79 Å². The van der Waals surface area contributed by atoms with E-state index in [-0.39, 0.29) is 5.91 Å². The van der Waals surface area contributed by atoms with Crippen LogP contribution in [-0.2, 0) is 13.0 Å². The van der Waals surface area contributed by atoms with E-state index in [4.69, 9.17) is 0 Å². The Bertz CT molecular complexity index is 962. The Kier molecular flexibility index (Phi) is 4.24. The largest absolute Gasteiger partial charge is 0.339 e. The molecule has 0 spiro atoms. The van der Waals surface area contributed by atoms with Gasteiger partial charge in [0.15, 0.2) is 0 Å². The Morgan fingerprint density at radius 3 is 2.69 bits per heavy atom. The average Bonchev–Trinajstić information content (AvgIpc) is 2.98. The molecule has 0 saturated heterocycles. The number of hydrogen-bond donors (Lipinski definition) is 0. The first-order valence-electron chi connectivity index (χ1n) is 9.01. The normalized spacial score (nSPS) is 17.3. The van der Waals surface area contributed by atoms with E-state index in [0.29, 0.717) is 18.3 Å². The molecule has 134 valence electrons. The number of nitrogens with zero attached hydrogens (tertiary/aromatic N) is 4. The van der Waals surface area contributed by atoms with E-state index < -0.39 is 0 Å². The van der Waals surface area contributed by atoms with E-state index in [2.05, 4.69) is 41.2 Å². The highest BCUT2D eigenvalue weighted by atomic mass is 16.2. The summed E-state index contributed by atoms with van der Waals surface area (Å²) in [4.78, 5) is 21.7. The van der Waals surface area contributed by atoms with E-state index in [9.17, 15) is 4.79 Å². The lowest BCUT2D eigenvalue weighted by atomic mass is 9.94. The number of fused-ring (bicyclic) bond motifs is 2. The summed E-state index contributed by atoms with van der Waals surface area (Å²) in [6.45, 7) is 3.57. The van der Waals surface area contributed by atoms with Crippen molar-refractivity contribution >= 4 is 11.6 Å². The molecule has 0 aliphatic carbocycles. The van der Waals surface area contributed by atoms with Gasteiger partial charge in [-0.1, -0.05) is 30.3 Å². The predicted molar refractivity (Wildman–Crippen MR) is 102 cm³/mol. The van der Waals surface area contributed by atoms with Crippen LogP contribution in [0.1, 0.15) is 27.3 Å². The average molecular weight is 348 g/mol. The summed E-state index contributed by atoms with van der Waals surface area (Å²) < 4.78 is 1.96. The van der Waals surface area contributed by atoms with Gasteiger partial charge in [0, 0.05) is 32.4 Å². The summed E-state index contributed by atoms with van der Waals surface area (Å²) in [7, 11) is 4.01. The van der Waals surface area contributed by atoms with Crippen LogP contribution in [0.25, 0.3) is 5.65 Å². The molecule has 26 heavy (non-hydrogen) atoms. The SMILES string of the molecule is Cc1c(C(=O)N(C)CC2Cc3ccccc3CN2C)nc2ccccn12. The predicted octanol–water partition coefficient (Wildman–Crippen LogP) is 2.77. The third-order valence-corrected chi connectivity index (χ3v) is 5.42. The van der Waals surface area contributed by atoms with Gasteiger partial charge in [-0.25, -0.2) is 4.98 Å². The second-order valence-electron chi connectivity index (χ2n) is 7.20. The molecule has 5 nitrogen and oxygen atoms in total. The molecule has 1 atom stereocenters. The van der Waals surface area contributed by atoms with Gasteiger partial charge in [0.05, 0.1) is 5.69 Å². The Labute approximate surface area is 153 Å². The second-order valence-corrected chi connectivity index (χ2v) is 7.20. The first-order chi connectivity index (χ1) is 12.5. The molecule has 0 fully saturated rings. The minimum absolute atomic E-state index is 0.0153. The van der Waals surface area contributed by atoms with E-state index in [1.807, 2.05) is 47.7 Å². The molecular weight excluding hydrogens is 324 g/mol. The molecule has 0 bridgehead atoms. The van der Waals surface area contributed by atoms with Crippen LogP contribution >= 0.6 is 0 Å². The van der Waals surface area contributed by atoms with Crippen molar-refractivity contribution in [2.24, 2.45) is 0 Å². The molecule has 3 aromatic rings. The van der Waals surface area contributed by atoms with Crippen LogP contribution in [0.3, 0.4) is 0 Å². The van der Waals surface area contributed by atoms with Gasteiger partial charge in [-0.3, -0.25) is 9.69 Å². The minimum atomic E-state index is -0.0153. The van der Waals surface area contributed by atoms with Crippen molar-refractivity contribution in [3.8, 4) is 0 Å². The quantitative estimate of drug-likeness (QED) is 0.731. The number of carbonyl (C=O) groups is 1. The van der Waals surface area contributed by atoms with Gasteiger partial charge in [0.25, 0.3) is 5.91 Å². The Morgan fingerprint density at radius 2 is 1.92 bits per heavy atom. The summed E-state index contributed by atoms with van der Waals surface area (Å²) in [5, 5.41) is 0. The van der Waals surface area contributed by atoms with E-state index in [1.165, 1.54) is 11.1 Å².